The number of rotatable bonds is 3. The molecule has 0 aliphatic carbocycles. The van der Waals surface area contributed by atoms with E-state index in [1.165, 1.54) is 0 Å². The van der Waals surface area contributed by atoms with Gasteiger partial charge in [-0.2, -0.15) is 5.26 Å². The minimum atomic E-state index is -0.433. The minimum absolute atomic E-state index is 0.207. The Labute approximate surface area is 102 Å². The van der Waals surface area contributed by atoms with Gasteiger partial charge in [0.05, 0.1) is 19.0 Å². The number of anilines is 1. The van der Waals surface area contributed by atoms with Crippen molar-refractivity contribution in [2.45, 2.75) is 6.42 Å². The van der Waals surface area contributed by atoms with Gasteiger partial charge in [-0.3, -0.25) is 5.01 Å². The number of hydrogen-bond donors (Lipinski definition) is 2. The van der Waals surface area contributed by atoms with Crippen molar-refractivity contribution in [3.8, 4) is 6.07 Å². The van der Waals surface area contributed by atoms with Crippen LogP contribution in [0.1, 0.15) is 6.42 Å². The number of amides is 2. The summed E-state index contributed by atoms with van der Waals surface area (Å²) in [7, 11) is 0. The molecule has 1 aromatic carbocycles. The van der Waals surface area contributed by atoms with Gasteiger partial charge >= 0.3 is 6.03 Å². The molecule has 1 aromatic rings. The highest BCUT2D eigenvalue weighted by Crippen LogP contribution is 2.14. The van der Waals surface area contributed by atoms with Crippen LogP contribution in [-0.2, 0) is 0 Å². The number of nitriles is 1. The average Bonchev–Trinajstić information content (AvgIpc) is 2.29. The van der Waals surface area contributed by atoms with Gasteiger partial charge in [-0.25, -0.2) is 10.6 Å². The van der Waals surface area contributed by atoms with Crippen molar-refractivity contribution in [3.63, 3.8) is 0 Å². The highest BCUT2D eigenvalue weighted by Gasteiger charge is 2.08. The van der Waals surface area contributed by atoms with Crippen LogP contribution in [0.4, 0.5) is 10.5 Å². The molecule has 0 spiro atoms. The third-order valence-electron chi connectivity index (χ3n) is 1.82. The maximum Gasteiger partial charge on any atom is 0.336 e. The molecule has 2 amide bonds. The van der Waals surface area contributed by atoms with Crippen LogP contribution in [0.2, 0.25) is 0 Å². The summed E-state index contributed by atoms with van der Waals surface area (Å²) in [6.45, 7) is 0.207. The lowest BCUT2D eigenvalue weighted by molar-refractivity contribution is 0.214. The lowest BCUT2D eigenvalue weighted by Gasteiger charge is -2.15. The normalized spacial score (nSPS) is 9.31. The van der Waals surface area contributed by atoms with E-state index in [1.54, 1.807) is 12.1 Å². The van der Waals surface area contributed by atoms with Crippen molar-refractivity contribution in [3.05, 3.63) is 28.7 Å². The van der Waals surface area contributed by atoms with Gasteiger partial charge in [0, 0.05) is 10.2 Å². The standard InChI is InChI=1S/C10H11BrN4O/c11-8-2-4-9(5-3-8)14-10(16)15(13)7-1-6-12/h2-5H,1,7,13H2,(H,14,16). The van der Waals surface area contributed by atoms with Crippen LogP contribution >= 0.6 is 15.9 Å². The first-order valence-electron chi connectivity index (χ1n) is 4.59. The Bertz CT molecular complexity index is 398. The first-order valence-corrected chi connectivity index (χ1v) is 5.38. The molecule has 0 radical (unpaired) electrons. The van der Waals surface area contributed by atoms with Crippen LogP contribution < -0.4 is 11.2 Å². The molecule has 0 atom stereocenters. The number of hydrogen-bond acceptors (Lipinski definition) is 3. The van der Waals surface area contributed by atoms with E-state index in [4.69, 9.17) is 11.1 Å². The van der Waals surface area contributed by atoms with Gasteiger partial charge in [-0.15, -0.1) is 0 Å². The number of halogens is 1. The van der Waals surface area contributed by atoms with E-state index in [9.17, 15) is 4.79 Å². The molecule has 3 N–H and O–H groups in total. The van der Waals surface area contributed by atoms with Crippen molar-refractivity contribution in [1.82, 2.24) is 5.01 Å². The summed E-state index contributed by atoms with van der Waals surface area (Å²) in [5.74, 6) is 5.44. The molecule has 0 aliphatic rings. The van der Waals surface area contributed by atoms with Gasteiger partial charge in [-0.1, -0.05) is 15.9 Å². The van der Waals surface area contributed by atoms with Crippen molar-refractivity contribution in [1.29, 1.82) is 5.26 Å². The average molecular weight is 283 g/mol. The number of carbonyl (C=O) groups excluding carboxylic acids is 1. The Balaban J connectivity index is 2.51. The first-order chi connectivity index (χ1) is 7.63. The summed E-state index contributed by atoms with van der Waals surface area (Å²) in [4.78, 5) is 11.5. The second-order valence-corrected chi connectivity index (χ2v) is 3.95. The summed E-state index contributed by atoms with van der Waals surface area (Å²) in [6, 6.07) is 8.61. The lowest BCUT2D eigenvalue weighted by atomic mass is 10.3. The number of carbonyl (C=O) groups is 1. The van der Waals surface area contributed by atoms with Gasteiger partial charge in [0.15, 0.2) is 0 Å². The molecule has 6 heteroatoms. The van der Waals surface area contributed by atoms with E-state index in [-0.39, 0.29) is 13.0 Å². The second-order valence-electron chi connectivity index (χ2n) is 3.04. The number of nitrogens with zero attached hydrogens (tertiary/aromatic N) is 2. The number of nitrogens with two attached hydrogens (primary N) is 1. The third kappa shape index (κ3) is 3.88. The Morgan fingerprint density at radius 2 is 2.12 bits per heavy atom. The second kappa shape index (κ2) is 6.10. The van der Waals surface area contributed by atoms with Gasteiger partial charge in [0.1, 0.15) is 0 Å². The van der Waals surface area contributed by atoms with Crippen molar-refractivity contribution in [2.75, 3.05) is 11.9 Å². The highest BCUT2D eigenvalue weighted by molar-refractivity contribution is 9.10. The van der Waals surface area contributed by atoms with Crippen LogP contribution in [0.3, 0.4) is 0 Å². The number of benzene rings is 1. The molecular formula is C10H11BrN4O. The quantitative estimate of drug-likeness (QED) is 0.506. The van der Waals surface area contributed by atoms with Crippen molar-refractivity contribution in [2.24, 2.45) is 5.84 Å². The molecular weight excluding hydrogens is 272 g/mol. The summed E-state index contributed by atoms with van der Waals surface area (Å²) in [5, 5.41) is 11.9. The Hall–Kier alpha value is -1.58. The molecule has 16 heavy (non-hydrogen) atoms. The maximum atomic E-state index is 11.5. The Morgan fingerprint density at radius 1 is 1.50 bits per heavy atom. The predicted molar refractivity (Wildman–Crippen MR) is 64.3 cm³/mol. The van der Waals surface area contributed by atoms with Crippen LogP contribution in [0.25, 0.3) is 0 Å². The molecule has 0 bridgehead atoms. The zero-order valence-corrected chi connectivity index (χ0v) is 10.1. The van der Waals surface area contributed by atoms with Crippen LogP contribution in [0, 0.1) is 11.3 Å². The smallest absolute Gasteiger partial charge is 0.307 e. The van der Waals surface area contributed by atoms with E-state index in [1.807, 2.05) is 18.2 Å². The van der Waals surface area contributed by atoms with E-state index in [0.29, 0.717) is 5.69 Å². The molecule has 1 rings (SSSR count). The molecule has 0 saturated carbocycles. The molecule has 0 heterocycles. The fourth-order valence-corrected chi connectivity index (χ4v) is 1.26. The number of urea groups is 1. The fraction of sp³-hybridized carbons (Fsp3) is 0.200. The SMILES string of the molecule is N#CCCN(N)C(=O)Nc1ccc(Br)cc1. The third-order valence-corrected chi connectivity index (χ3v) is 2.35. The molecule has 0 fully saturated rings. The molecule has 0 aromatic heterocycles. The van der Waals surface area contributed by atoms with E-state index >= 15 is 0 Å². The molecule has 5 nitrogen and oxygen atoms in total. The fourth-order valence-electron chi connectivity index (χ4n) is 1.00. The van der Waals surface area contributed by atoms with Gasteiger partial charge in [0.2, 0.25) is 0 Å². The Kier molecular flexibility index (Phi) is 4.76. The first kappa shape index (κ1) is 12.5. The molecule has 84 valence electrons. The number of hydrazine groups is 1. The summed E-state index contributed by atoms with van der Waals surface area (Å²) >= 11 is 3.29. The van der Waals surface area contributed by atoms with E-state index in [2.05, 4.69) is 21.2 Å². The van der Waals surface area contributed by atoms with E-state index in [0.717, 1.165) is 9.48 Å². The van der Waals surface area contributed by atoms with Crippen molar-refractivity contribution < 1.29 is 4.79 Å². The van der Waals surface area contributed by atoms with Gasteiger partial charge in [-0.05, 0) is 24.3 Å². The maximum absolute atomic E-state index is 11.5. The largest absolute Gasteiger partial charge is 0.336 e. The minimum Gasteiger partial charge on any atom is -0.307 e. The lowest BCUT2D eigenvalue weighted by Crippen LogP contribution is -2.41. The molecule has 0 unspecified atom stereocenters. The molecule has 0 aliphatic heterocycles. The summed E-state index contributed by atoms with van der Waals surface area (Å²) < 4.78 is 0.930. The Morgan fingerprint density at radius 3 is 2.69 bits per heavy atom. The zero-order chi connectivity index (χ0) is 12.0. The predicted octanol–water partition coefficient (Wildman–Crippen LogP) is 2.07. The molecule has 0 saturated heterocycles. The van der Waals surface area contributed by atoms with E-state index < -0.39 is 6.03 Å². The van der Waals surface area contributed by atoms with Gasteiger partial charge in [0.25, 0.3) is 0 Å². The van der Waals surface area contributed by atoms with Crippen LogP contribution in [0.5, 0.6) is 0 Å². The van der Waals surface area contributed by atoms with Crippen LogP contribution in [0.15, 0.2) is 28.7 Å². The monoisotopic (exact) mass is 282 g/mol. The topological polar surface area (TPSA) is 82.2 Å². The summed E-state index contributed by atoms with van der Waals surface area (Å²) in [5.41, 5.74) is 0.653. The van der Waals surface area contributed by atoms with Gasteiger partial charge < -0.3 is 5.32 Å². The number of nitrogens with one attached hydrogen (secondary N) is 1. The zero-order valence-electron chi connectivity index (χ0n) is 8.48. The van der Waals surface area contributed by atoms with Crippen LogP contribution in [-0.4, -0.2) is 17.6 Å². The summed E-state index contributed by atoms with van der Waals surface area (Å²) in [6.07, 6.45) is 0.213. The highest BCUT2D eigenvalue weighted by atomic mass is 79.9. The van der Waals surface area contributed by atoms with Crippen molar-refractivity contribution >= 4 is 27.6 Å².